The lowest BCUT2D eigenvalue weighted by Gasteiger charge is -2.34. The number of likely N-dealkylation sites (N-methyl/N-ethyl adjacent to an activating group) is 1. The lowest BCUT2D eigenvalue weighted by molar-refractivity contribution is -0.138. The number of nitrogens with zero attached hydrogens (tertiary/aromatic N) is 6. The quantitative estimate of drug-likeness (QED) is 0.301. The molecule has 43 heavy (non-hydrogen) atoms. The number of imidazole rings is 1. The fourth-order valence-corrected chi connectivity index (χ4v) is 5.12. The van der Waals surface area contributed by atoms with Crippen molar-refractivity contribution in [3.8, 4) is 11.8 Å². The number of pyridine rings is 1. The number of nitrogens with one attached hydrogen (secondary N) is 2. The van der Waals surface area contributed by atoms with Crippen LogP contribution in [0.2, 0.25) is 0 Å². The number of benzene rings is 1. The first kappa shape index (κ1) is 28.6. The van der Waals surface area contributed by atoms with Gasteiger partial charge in [0.15, 0.2) is 5.65 Å². The van der Waals surface area contributed by atoms with Crippen LogP contribution in [0.25, 0.3) is 5.65 Å². The van der Waals surface area contributed by atoms with Crippen LogP contribution in [0.5, 0.6) is 0 Å². The molecule has 1 aliphatic carbocycles. The number of fused-ring (bicyclic) bond motifs is 1. The highest BCUT2D eigenvalue weighted by molar-refractivity contribution is 5.99. The first-order valence-corrected chi connectivity index (χ1v) is 14.3. The van der Waals surface area contributed by atoms with Gasteiger partial charge in [-0.15, -0.1) is 0 Å². The van der Waals surface area contributed by atoms with Crippen LogP contribution in [0.4, 0.5) is 29.5 Å². The van der Waals surface area contributed by atoms with E-state index in [1.54, 1.807) is 22.8 Å². The Labute approximate surface area is 247 Å². The number of halogens is 3. The van der Waals surface area contributed by atoms with Crippen LogP contribution in [-0.2, 0) is 12.7 Å². The number of carbonyl (C=O) groups excluding carboxylic acids is 1. The molecular weight excluding hydrogens is 557 g/mol. The summed E-state index contributed by atoms with van der Waals surface area (Å²) in [5.41, 5.74) is 2.41. The fraction of sp³-hybridized carbons (Fsp3) is 0.355. The molecule has 1 aromatic carbocycles. The number of aromatic nitrogens is 4. The molecule has 4 heterocycles. The Morgan fingerprint density at radius 1 is 0.977 bits per heavy atom. The third-order valence-corrected chi connectivity index (χ3v) is 7.69. The van der Waals surface area contributed by atoms with Crippen molar-refractivity contribution in [3.05, 3.63) is 82.9 Å². The van der Waals surface area contributed by atoms with Gasteiger partial charge in [-0.1, -0.05) is 18.9 Å². The van der Waals surface area contributed by atoms with E-state index >= 15 is 0 Å². The second kappa shape index (κ2) is 12.0. The van der Waals surface area contributed by atoms with Gasteiger partial charge >= 0.3 is 12.2 Å². The summed E-state index contributed by atoms with van der Waals surface area (Å²) in [6.07, 6.45) is 0.876. The first-order valence-electron chi connectivity index (χ1n) is 14.3. The number of urea groups is 1. The minimum atomic E-state index is -4.56. The van der Waals surface area contributed by atoms with Crippen LogP contribution in [0.3, 0.4) is 0 Å². The first-order chi connectivity index (χ1) is 20.7. The van der Waals surface area contributed by atoms with Gasteiger partial charge in [-0.25, -0.2) is 19.3 Å². The lowest BCUT2D eigenvalue weighted by atomic mass is 10.0. The van der Waals surface area contributed by atoms with Gasteiger partial charge in [0.05, 0.1) is 17.5 Å². The summed E-state index contributed by atoms with van der Waals surface area (Å²) in [6.45, 7) is 6.28. The maximum atomic E-state index is 14.0. The third kappa shape index (κ3) is 6.96. The van der Waals surface area contributed by atoms with E-state index in [0.29, 0.717) is 35.9 Å². The number of amides is 2. The molecule has 0 unspecified atom stereocenters. The highest BCUT2D eigenvalue weighted by atomic mass is 19.4. The van der Waals surface area contributed by atoms with Gasteiger partial charge < -0.3 is 10.2 Å². The molecule has 12 heteroatoms. The molecule has 2 amide bonds. The van der Waals surface area contributed by atoms with Gasteiger partial charge in [0.1, 0.15) is 11.5 Å². The summed E-state index contributed by atoms with van der Waals surface area (Å²) in [7, 11) is 0. The van der Waals surface area contributed by atoms with Crippen molar-refractivity contribution in [2.24, 2.45) is 0 Å². The molecule has 4 aromatic rings. The van der Waals surface area contributed by atoms with Gasteiger partial charge in [0.25, 0.3) is 0 Å². The molecular formula is C31H31F3N8O. The van der Waals surface area contributed by atoms with E-state index in [2.05, 4.69) is 49.4 Å². The zero-order valence-electron chi connectivity index (χ0n) is 23.7. The molecule has 1 aliphatic heterocycles. The topological polar surface area (TPSA) is 90.7 Å². The van der Waals surface area contributed by atoms with Gasteiger partial charge in [-0.2, -0.15) is 18.3 Å². The monoisotopic (exact) mass is 588 g/mol. The minimum Gasteiger partial charge on any atom is -0.308 e. The molecule has 6 rings (SSSR count). The minimum absolute atomic E-state index is 0.0333. The third-order valence-electron chi connectivity index (χ3n) is 7.69. The van der Waals surface area contributed by atoms with Crippen LogP contribution >= 0.6 is 0 Å². The molecule has 9 nitrogen and oxygen atoms in total. The number of anilines is 2. The summed E-state index contributed by atoms with van der Waals surface area (Å²) in [5.74, 6) is 6.81. The number of hydrogen-bond donors (Lipinski definition) is 2. The zero-order valence-corrected chi connectivity index (χ0v) is 23.7. The van der Waals surface area contributed by atoms with Crippen LogP contribution in [-0.4, -0.2) is 68.1 Å². The summed E-state index contributed by atoms with van der Waals surface area (Å²) in [5, 5.41) is 9.74. The molecule has 2 N–H and O–H groups in total. The Bertz CT molecular complexity index is 1690. The molecule has 1 saturated heterocycles. The highest BCUT2D eigenvalue weighted by Crippen LogP contribution is 2.38. The Balaban J connectivity index is 1.12. The lowest BCUT2D eigenvalue weighted by Crippen LogP contribution is -2.45. The van der Waals surface area contributed by atoms with E-state index < -0.39 is 17.8 Å². The van der Waals surface area contributed by atoms with Crippen molar-refractivity contribution in [2.45, 2.75) is 38.4 Å². The van der Waals surface area contributed by atoms with Crippen molar-refractivity contribution in [3.63, 3.8) is 0 Å². The number of alkyl halides is 3. The standard InChI is InChI=1S/C31H31F3N8O/c1-2-40-13-15-41(16-14-40)20-23-6-7-24(18-26(23)31(32,33)34)37-30(43)38-28-17-21(11-12-35-28)3-8-25-19-36-29-10-9-27(22-4-5-22)39-42(25)29/h6-7,9-12,17-19,22H,2,4-5,13-16,20H2,1H3,(H2,35,37,38,43). The van der Waals surface area contributed by atoms with E-state index in [1.165, 1.54) is 18.3 Å². The van der Waals surface area contributed by atoms with Crippen LogP contribution < -0.4 is 10.6 Å². The van der Waals surface area contributed by atoms with Gasteiger partial charge in [0.2, 0.25) is 0 Å². The normalized spacial score (nSPS) is 16.1. The molecule has 0 radical (unpaired) electrons. The van der Waals surface area contributed by atoms with Crippen molar-refractivity contribution in [1.29, 1.82) is 0 Å². The molecule has 1 saturated carbocycles. The smallest absolute Gasteiger partial charge is 0.308 e. The molecule has 2 fully saturated rings. The number of rotatable bonds is 6. The Morgan fingerprint density at radius 2 is 1.77 bits per heavy atom. The van der Waals surface area contributed by atoms with E-state index in [-0.39, 0.29) is 23.6 Å². The van der Waals surface area contributed by atoms with E-state index in [0.717, 1.165) is 44.2 Å². The fourth-order valence-electron chi connectivity index (χ4n) is 5.12. The van der Waals surface area contributed by atoms with Gasteiger partial charge in [0, 0.05) is 56.1 Å². The maximum absolute atomic E-state index is 14.0. The molecule has 0 spiro atoms. The second-order valence-electron chi connectivity index (χ2n) is 10.8. The summed E-state index contributed by atoms with van der Waals surface area (Å²) in [4.78, 5) is 25.5. The SMILES string of the molecule is CCN1CCN(Cc2ccc(NC(=O)Nc3cc(C#Cc4cnc5ccc(C6CC6)nn45)ccn3)cc2C(F)(F)F)CC1. The van der Waals surface area contributed by atoms with Crippen LogP contribution in [0.1, 0.15) is 53.8 Å². The van der Waals surface area contributed by atoms with E-state index in [4.69, 9.17) is 0 Å². The Morgan fingerprint density at radius 3 is 2.51 bits per heavy atom. The molecule has 222 valence electrons. The van der Waals surface area contributed by atoms with Crippen molar-refractivity contribution < 1.29 is 18.0 Å². The molecule has 0 bridgehead atoms. The summed E-state index contributed by atoms with van der Waals surface area (Å²) >= 11 is 0. The Hall–Kier alpha value is -4.47. The Kier molecular flexibility index (Phi) is 8.01. The largest absolute Gasteiger partial charge is 0.416 e. The average molecular weight is 589 g/mol. The van der Waals surface area contributed by atoms with Gasteiger partial charge in [-0.05, 0) is 67.3 Å². The average Bonchev–Trinajstić information content (AvgIpc) is 3.77. The molecule has 2 aliphatic rings. The van der Waals surface area contributed by atoms with Crippen molar-refractivity contribution in [2.75, 3.05) is 43.4 Å². The van der Waals surface area contributed by atoms with Crippen LogP contribution in [0.15, 0.2) is 54.9 Å². The maximum Gasteiger partial charge on any atom is 0.416 e. The predicted molar refractivity (Wildman–Crippen MR) is 157 cm³/mol. The summed E-state index contributed by atoms with van der Waals surface area (Å²) in [6, 6.07) is 10.4. The van der Waals surface area contributed by atoms with Gasteiger partial charge in [-0.3, -0.25) is 10.2 Å². The molecule has 0 atom stereocenters. The van der Waals surface area contributed by atoms with Crippen molar-refractivity contribution in [1.82, 2.24) is 29.4 Å². The second-order valence-corrected chi connectivity index (χ2v) is 10.8. The van der Waals surface area contributed by atoms with E-state index in [1.807, 2.05) is 17.0 Å². The zero-order chi connectivity index (χ0) is 30.0. The number of carbonyl (C=O) groups is 1. The predicted octanol–water partition coefficient (Wildman–Crippen LogP) is 5.20. The number of piperazine rings is 1. The van der Waals surface area contributed by atoms with E-state index in [9.17, 15) is 18.0 Å². The number of hydrogen-bond acceptors (Lipinski definition) is 6. The summed E-state index contributed by atoms with van der Waals surface area (Å²) < 4.78 is 43.6. The van der Waals surface area contributed by atoms with Crippen molar-refractivity contribution >= 4 is 23.2 Å². The van der Waals surface area contributed by atoms with Crippen LogP contribution in [0, 0.1) is 11.8 Å². The highest BCUT2D eigenvalue weighted by Gasteiger charge is 2.34. The molecule has 3 aromatic heterocycles.